The van der Waals surface area contributed by atoms with E-state index >= 15 is 0 Å². The van der Waals surface area contributed by atoms with E-state index in [1.165, 1.54) is 6.07 Å². The molecule has 0 spiro atoms. The van der Waals surface area contributed by atoms with Crippen molar-refractivity contribution in [3.63, 3.8) is 0 Å². The number of nitrogens with zero attached hydrogens (tertiary/aromatic N) is 1. The molecular formula is C16H18ClFN2O. The van der Waals surface area contributed by atoms with Gasteiger partial charge in [0.25, 0.3) is 0 Å². The minimum absolute atomic E-state index is 0.106. The summed E-state index contributed by atoms with van der Waals surface area (Å²) in [5.74, 6) is 0.348. The van der Waals surface area contributed by atoms with Crippen LogP contribution in [-0.4, -0.2) is 20.7 Å². The number of benzene rings is 2. The van der Waals surface area contributed by atoms with Crippen molar-refractivity contribution in [2.75, 3.05) is 25.6 Å². The molecule has 0 aliphatic heterocycles. The summed E-state index contributed by atoms with van der Waals surface area (Å²) >= 11 is 5.85. The van der Waals surface area contributed by atoms with Gasteiger partial charge in [0, 0.05) is 24.8 Å². The topological polar surface area (TPSA) is 38.5 Å². The van der Waals surface area contributed by atoms with E-state index in [1.807, 2.05) is 36.2 Å². The molecule has 0 aliphatic rings. The summed E-state index contributed by atoms with van der Waals surface area (Å²) in [6, 6.07) is 12.2. The lowest BCUT2D eigenvalue weighted by atomic mass is 10.0. The highest BCUT2D eigenvalue weighted by atomic mass is 35.5. The molecule has 0 heterocycles. The third kappa shape index (κ3) is 3.28. The molecule has 5 heteroatoms. The number of hydrogen-bond donors (Lipinski definition) is 1. The molecule has 0 amide bonds. The highest BCUT2D eigenvalue weighted by Gasteiger charge is 2.20. The summed E-state index contributed by atoms with van der Waals surface area (Å²) in [5, 5.41) is 0.106. The molecule has 1 atom stereocenters. The second-order valence-corrected chi connectivity index (χ2v) is 5.11. The molecule has 21 heavy (non-hydrogen) atoms. The third-order valence-electron chi connectivity index (χ3n) is 3.51. The number of likely N-dealkylation sites (N-methyl/N-ethyl adjacent to an activating group) is 1. The van der Waals surface area contributed by atoms with Crippen LogP contribution in [0.25, 0.3) is 0 Å². The lowest BCUT2D eigenvalue weighted by Crippen LogP contribution is -2.31. The Bertz CT molecular complexity index is 604. The van der Waals surface area contributed by atoms with E-state index in [9.17, 15) is 4.39 Å². The molecule has 2 N–H and O–H groups in total. The standard InChI is InChI=1S/C16H18ClFN2O/c1-20(11-6-8-12(21-2)9-7-11)15(10-19)13-4-3-5-14(17)16(13)18/h3-9,15H,10,19H2,1-2H3. The summed E-state index contributed by atoms with van der Waals surface area (Å²) in [5.41, 5.74) is 7.25. The van der Waals surface area contributed by atoms with Gasteiger partial charge in [-0.05, 0) is 30.3 Å². The Morgan fingerprint density at radius 2 is 1.90 bits per heavy atom. The van der Waals surface area contributed by atoms with Gasteiger partial charge < -0.3 is 15.4 Å². The maximum absolute atomic E-state index is 14.2. The van der Waals surface area contributed by atoms with Gasteiger partial charge in [0.15, 0.2) is 0 Å². The van der Waals surface area contributed by atoms with Gasteiger partial charge in [-0.15, -0.1) is 0 Å². The van der Waals surface area contributed by atoms with Gasteiger partial charge in [0.1, 0.15) is 11.6 Å². The van der Waals surface area contributed by atoms with Crippen LogP contribution in [0.2, 0.25) is 5.02 Å². The smallest absolute Gasteiger partial charge is 0.147 e. The van der Waals surface area contributed by atoms with E-state index in [-0.39, 0.29) is 17.6 Å². The Kier molecular flexibility index (Phi) is 5.04. The van der Waals surface area contributed by atoms with Gasteiger partial charge in [0.05, 0.1) is 18.2 Å². The van der Waals surface area contributed by atoms with Gasteiger partial charge in [-0.1, -0.05) is 23.7 Å². The number of methoxy groups -OCH3 is 1. The summed E-state index contributed by atoms with van der Waals surface area (Å²) in [6.45, 7) is 0.278. The average Bonchev–Trinajstić information content (AvgIpc) is 2.52. The molecule has 0 saturated heterocycles. The van der Waals surface area contributed by atoms with Crippen molar-refractivity contribution in [3.8, 4) is 5.75 Å². The number of nitrogens with two attached hydrogens (primary N) is 1. The summed E-state index contributed by atoms with van der Waals surface area (Å²) < 4.78 is 19.3. The van der Waals surface area contributed by atoms with Crippen molar-refractivity contribution in [3.05, 3.63) is 58.9 Å². The minimum Gasteiger partial charge on any atom is -0.497 e. The van der Waals surface area contributed by atoms with Crippen LogP contribution in [0.4, 0.5) is 10.1 Å². The van der Waals surface area contributed by atoms with E-state index in [2.05, 4.69) is 0 Å². The van der Waals surface area contributed by atoms with E-state index < -0.39 is 5.82 Å². The monoisotopic (exact) mass is 308 g/mol. The molecule has 0 bridgehead atoms. The third-order valence-corrected chi connectivity index (χ3v) is 3.80. The summed E-state index contributed by atoms with van der Waals surface area (Å²) in [7, 11) is 3.49. The first kappa shape index (κ1) is 15.6. The number of hydrogen-bond acceptors (Lipinski definition) is 3. The van der Waals surface area contributed by atoms with Crippen LogP contribution >= 0.6 is 11.6 Å². The Morgan fingerprint density at radius 3 is 2.48 bits per heavy atom. The zero-order chi connectivity index (χ0) is 15.4. The quantitative estimate of drug-likeness (QED) is 0.917. The zero-order valence-corrected chi connectivity index (χ0v) is 12.8. The molecule has 112 valence electrons. The Hall–Kier alpha value is -1.78. The molecule has 0 saturated carbocycles. The fourth-order valence-electron chi connectivity index (χ4n) is 2.27. The van der Waals surface area contributed by atoms with Gasteiger partial charge in [-0.2, -0.15) is 0 Å². The molecule has 2 aromatic carbocycles. The first-order chi connectivity index (χ1) is 10.1. The summed E-state index contributed by atoms with van der Waals surface area (Å²) in [4.78, 5) is 1.92. The predicted octanol–water partition coefficient (Wildman–Crippen LogP) is 3.62. The lowest BCUT2D eigenvalue weighted by Gasteiger charge is -2.30. The summed E-state index contributed by atoms with van der Waals surface area (Å²) in [6.07, 6.45) is 0. The molecule has 0 radical (unpaired) electrons. The molecular weight excluding hydrogens is 291 g/mol. The predicted molar refractivity (Wildman–Crippen MR) is 84.6 cm³/mol. The van der Waals surface area contributed by atoms with Crippen molar-refractivity contribution in [1.29, 1.82) is 0 Å². The average molecular weight is 309 g/mol. The second-order valence-electron chi connectivity index (χ2n) is 4.70. The van der Waals surface area contributed by atoms with E-state index in [1.54, 1.807) is 19.2 Å². The fraction of sp³-hybridized carbons (Fsp3) is 0.250. The molecule has 0 fully saturated rings. The van der Waals surface area contributed by atoms with Crippen LogP contribution in [0.3, 0.4) is 0 Å². The largest absolute Gasteiger partial charge is 0.497 e. The number of halogens is 2. The molecule has 0 aromatic heterocycles. The van der Waals surface area contributed by atoms with Crippen LogP contribution in [-0.2, 0) is 0 Å². The first-order valence-corrected chi connectivity index (χ1v) is 6.97. The Morgan fingerprint density at radius 1 is 1.24 bits per heavy atom. The van der Waals surface area contributed by atoms with Crippen molar-refractivity contribution in [1.82, 2.24) is 0 Å². The first-order valence-electron chi connectivity index (χ1n) is 6.59. The molecule has 2 rings (SSSR count). The molecule has 1 unspecified atom stereocenters. The molecule has 2 aromatic rings. The maximum atomic E-state index is 14.2. The number of rotatable bonds is 5. The molecule has 3 nitrogen and oxygen atoms in total. The van der Waals surface area contributed by atoms with Crippen LogP contribution in [0.5, 0.6) is 5.75 Å². The maximum Gasteiger partial charge on any atom is 0.147 e. The SMILES string of the molecule is COc1ccc(N(C)C(CN)c2cccc(Cl)c2F)cc1. The second kappa shape index (κ2) is 6.78. The zero-order valence-electron chi connectivity index (χ0n) is 12.0. The van der Waals surface area contributed by atoms with Gasteiger partial charge in [0.2, 0.25) is 0 Å². The van der Waals surface area contributed by atoms with Crippen molar-refractivity contribution < 1.29 is 9.13 Å². The number of ether oxygens (including phenoxy) is 1. The Balaban J connectivity index is 2.33. The van der Waals surface area contributed by atoms with Gasteiger partial charge >= 0.3 is 0 Å². The van der Waals surface area contributed by atoms with Gasteiger partial charge in [-0.25, -0.2) is 4.39 Å². The van der Waals surface area contributed by atoms with Crippen molar-refractivity contribution in [2.45, 2.75) is 6.04 Å². The van der Waals surface area contributed by atoms with E-state index in [0.717, 1.165) is 11.4 Å². The van der Waals surface area contributed by atoms with Crippen molar-refractivity contribution in [2.24, 2.45) is 5.73 Å². The van der Waals surface area contributed by atoms with Crippen LogP contribution in [0.1, 0.15) is 11.6 Å². The lowest BCUT2D eigenvalue weighted by molar-refractivity contribution is 0.415. The highest BCUT2D eigenvalue weighted by molar-refractivity contribution is 6.30. The molecule has 0 aliphatic carbocycles. The van der Waals surface area contributed by atoms with Crippen LogP contribution < -0.4 is 15.4 Å². The van der Waals surface area contributed by atoms with E-state index in [4.69, 9.17) is 22.1 Å². The van der Waals surface area contributed by atoms with Crippen LogP contribution in [0.15, 0.2) is 42.5 Å². The van der Waals surface area contributed by atoms with Gasteiger partial charge in [-0.3, -0.25) is 0 Å². The normalized spacial score (nSPS) is 12.0. The fourth-order valence-corrected chi connectivity index (χ4v) is 2.45. The van der Waals surface area contributed by atoms with Crippen molar-refractivity contribution >= 4 is 17.3 Å². The minimum atomic E-state index is -0.421. The Labute approximate surface area is 129 Å². The van der Waals surface area contributed by atoms with E-state index in [0.29, 0.717) is 5.56 Å². The van der Waals surface area contributed by atoms with Crippen LogP contribution in [0, 0.1) is 5.82 Å². The highest BCUT2D eigenvalue weighted by Crippen LogP contribution is 2.30. The number of anilines is 1.